The van der Waals surface area contributed by atoms with E-state index in [9.17, 15) is 0 Å². The molecule has 0 spiro atoms. The largest absolute Gasteiger partial charge is 0.395 e. The Balaban J connectivity index is 2.14. The Labute approximate surface area is 97.3 Å². The summed E-state index contributed by atoms with van der Waals surface area (Å²) in [4.78, 5) is 2.16. The molecule has 1 rings (SSSR count). The van der Waals surface area contributed by atoms with Gasteiger partial charge in [0.1, 0.15) is 0 Å². The predicted molar refractivity (Wildman–Crippen MR) is 60.3 cm³/mol. The minimum atomic E-state index is -0.0718. The Bertz CT molecular complexity index is 162. The summed E-state index contributed by atoms with van der Waals surface area (Å²) >= 11 is 0. The fourth-order valence-corrected chi connectivity index (χ4v) is 1.69. The monoisotopic (exact) mass is 233 g/mol. The second-order valence-electron chi connectivity index (χ2n) is 3.87. The lowest BCUT2D eigenvalue weighted by atomic mass is 10.3. The fraction of sp³-hybridized carbons (Fsp3) is 1.00. The van der Waals surface area contributed by atoms with E-state index in [1.54, 1.807) is 7.11 Å². The summed E-state index contributed by atoms with van der Waals surface area (Å²) in [7, 11) is 1.69. The van der Waals surface area contributed by atoms with Crippen molar-refractivity contribution in [3.05, 3.63) is 0 Å². The maximum atomic E-state index is 8.93. The van der Waals surface area contributed by atoms with Crippen molar-refractivity contribution < 1.29 is 19.3 Å². The van der Waals surface area contributed by atoms with E-state index in [0.717, 1.165) is 39.1 Å². The van der Waals surface area contributed by atoms with Gasteiger partial charge in [-0.25, -0.2) is 0 Å². The molecule has 5 nitrogen and oxygen atoms in total. The number of hydrogen-bond donors (Lipinski definition) is 1. The molecular formula is C11H23NO4. The second-order valence-corrected chi connectivity index (χ2v) is 3.87. The molecule has 0 radical (unpaired) electrons. The lowest BCUT2D eigenvalue weighted by Crippen LogP contribution is -2.35. The first kappa shape index (κ1) is 13.9. The topological polar surface area (TPSA) is 51.2 Å². The average Bonchev–Trinajstić information content (AvgIpc) is 2.34. The molecular weight excluding hydrogens is 210 g/mol. The molecule has 1 heterocycles. The molecule has 96 valence electrons. The number of ether oxygens (including phenoxy) is 3. The summed E-state index contributed by atoms with van der Waals surface area (Å²) in [6.45, 7) is 4.84. The van der Waals surface area contributed by atoms with Gasteiger partial charge in [-0.1, -0.05) is 0 Å². The van der Waals surface area contributed by atoms with E-state index in [2.05, 4.69) is 4.90 Å². The molecule has 0 amide bonds. The summed E-state index contributed by atoms with van der Waals surface area (Å²) in [6, 6.07) is 0. The summed E-state index contributed by atoms with van der Waals surface area (Å²) in [5, 5.41) is 8.93. The van der Waals surface area contributed by atoms with E-state index in [-0.39, 0.29) is 12.9 Å². The number of hydrogen-bond acceptors (Lipinski definition) is 5. The molecule has 1 saturated heterocycles. The maximum Gasteiger partial charge on any atom is 0.158 e. The van der Waals surface area contributed by atoms with Gasteiger partial charge in [-0.2, -0.15) is 0 Å². The van der Waals surface area contributed by atoms with Crippen LogP contribution in [0, 0.1) is 0 Å². The molecule has 16 heavy (non-hydrogen) atoms. The highest BCUT2D eigenvalue weighted by Gasteiger charge is 2.15. The number of rotatable bonds is 8. The van der Waals surface area contributed by atoms with Gasteiger partial charge in [0.2, 0.25) is 0 Å². The normalized spacial score (nSPS) is 18.2. The molecule has 0 aliphatic carbocycles. The highest BCUT2D eigenvalue weighted by atomic mass is 16.7. The first-order valence-corrected chi connectivity index (χ1v) is 5.92. The Kier molecular flexibility index (Phi) is 7.71. The third-order valence-electron chi connectivity index (χ3n) is 2.61. The number of nitrogens with zero attached hydrogens (tertiary/aromatic N) is 1. The molecule has 1 aliphatic heterocycles. The summed E-state index contributed by atoms with van der Waals surface area (Å²) < 4.78 is 16.0. The molecule has 0 unspecified atom stereocenters. The quantitative estimate of drug-likeness (QED) is 0.643. The van der Waals surface area contributed by atoms with Crippen molar-refractivity contribution in [3.63, 3.8) is 0 Å². The first-order valence-electron chi connectivity index (χ1n) is 5.92. The van der Waals surface area contributed by atoms with Gasteiger partial charge in [0, 0.05) is 33.2 Å². The van der Waals surface area contributed by atoms with E-state index in [0.29, 0.717) is 13.2 Å². The van der Waals surface area contributed by atoms with Crippen LogP contribution in [-0.4, -0.2) is 69.5 Å². The van der Waals surface area contributed by atoms with Gasteiger partial charge in [0.15, 0.2) is 6.29 Å². The molecule has 0 aromatic carbocycles. The average molecular weight is 233 g/mol. The van der Waals surface area contributed by atoms with E-state index in [4.69, 9.17) is 19.3 Å². The molecule has 0 bridgehead atoms. The van der Waals surface area contributed by atoms with Crippen molar-refractivity contribution >= 4 is 0 Å². The Morgan fingerprint density at radius 2 is 2.00 bits per heavy atom. The van der Waals surface area contributed by atoms with E-state index in [1.165, 1.54) is 0 Å². The number of aliphatic hydroxyl groups is 1. The van der Waals surface area contributed by atoms with Gasteiger partial charge in [0.05, 0.1) is 26.4 Å². The van der Waals surface area contributed by atoms with Gasteiger partial charge in [-0.3, -0.25) is 4.90 Å². The van der Waals surface area contributed by atoms with Crippen LogP contribution in [0.15, 0.2) is 0 Å². The van der Waals surface area contributed by atoms with Gasteiger partial charge >= 0.3 is 0 Å². The molecule has 0 atom stereocenters. The number of methoxy groups -OCH3 is 1. The van der Waals surface area contributed by atoms with Crippen molar-refractivity contribution in [2.45, 2.75) is 19.1 Å². The lowest BCUT2D eigenvalue weighted by Gasteiger charge is -2.26. The summed E-state index contributed by atoms with van der Waals surface area (Å²) in [5.74, 6) is 0. The molecule has 1 aliphatic rings. The molecule has 5 heteroatoms. The smallest absolute Gasteiger partial charge is 0.158 e. The Morgan fingerprint density at radius 1 is 1.25 bits per heavy atom. The van der Waals surface area contributed by atoms with Crippen molar-refractivity contribution in [2.24, 2.45) is 0 Å². The van der Waals surface area contributed by atoms with Crippen LogP contribution in [-0.2, 0) is 14.2 Å². The summed E-state index contributed by atoms with van der Waals surface area (Å²) in [5.41, 5.74) is 0. The van der Waals surface area contributed by atoms with Crippen LogP contribution in [0.2, 0.25) is 0 Å². The van der Waals surface area contributed by atoms with Crippen LogP contribution >= 0.6 is 0 Å². The maximum absolute atomic E-state index is 8.93. The summed E-state index contributed by atoms with van der Waals surface area (Å²) in [6.07, 6.45) is 1.77. The van der Waals surface area contributed by atoms with Crippen molar-refractivity contribution in [3.8, 4) is 0 Å². The zero-order chi connectivity index (χ0) is 11.6. The van der Waals surface area contributed by atoms with Crippen LogP contribution in [0.5, 0.6) is 0 Å². The number of aliphatic hydroxyl groups excluding tert-OH is 1. The van der Waals surface area contributed by atoms with Gasteiger partial charge in [-0.05, 0) is 6.42 Å². The zero-order valence-electron chi connectivity index (χ0n) is 10.1. The third-order valence-corrected chi connectivity index (χ3v) is 2.61. The molecule has 0 aromatic rings. The van der Waals surface area contributed by atoms with Gasteiger partial charge < -0.3 is 19.3 Å². The lowest BCUT2D eigenvalue weighted by molar-refractivity contribution is -0.182. The highest BCUT2D eigenvalue weighted by molar-refractivity contribution is 4.60. The molecule has 1 fully saturated rings. The van der Waals surface area contributed by atoms with Crippen LogP contribution in [0.1, 0.15) is 12.8 Å². The second kappa shape index (κ2) is 8.90. The highest BCUT2D eigenvalue weighted by Crippen LogP contribution is 2.09. The Hall–Kier alpha value is -0.200. The van der Waals surface area contributed by atoms with E-state index in [1.807, 2.05) is 0 Å². The fourth-order valence-electron chi connectivity index (χ4n) is 1.69. The SMILES string of the molecule is COCCN(CCO)CCC1OCCCO1. The molecule has 1 N–H and O–H groups in total. The van der Waals surface area contributed by atoms with E-state index < -0.39 is 0 Å². The van der Waals surface area contributed by atoms with Crippen LogP contribution in [0.3, 0.4) is 0 Å². The van der Waals surface area contributed by atoms with Crippen LogP contribution in [0.4, 0.5) is 0 Å². The van der Waals surface area contributed by atoms with E-state index >= 15 is 0 Å². The Morgan fingerprint density at radius 3 is 2.62 bits per heavy atom. The third kappa shape index (κ3) is 5.77. The van der Waals surface area contributed by atoms with Crippen molar-refractivity contribution in [1.82, 2.24) is 4.90 Å². The standard InChI is InChI=1S/C11H23NO4/c1-14-10-6-12(5-7-13)4-3-11-15-8-2-9-16-11/h11,13H,2-10H2,1H3. The minimum Gasteiger partial charge on any atom is -0.395 e. The van der Waals surface area contributed by atoms with Crippen molar-refractivity contribution in [1.29, 1.82) is 0 Å². The van der Waals surface area contributed by atoms with Crippen LogP contribution in [0.25, 0.3) is 0 Å². The first-order chi connectivity index (χ1) is 7.86. The minimum absolute atomic E-state index is 0.0718. The molecule has 0 saturated carbocycles. The van der Waals surface area contributed by atoms with Gasteiger partial charge in [-0.15, -0.1) is 0 Å². The van der Waals surface area contributed by atoms with Gasteiger partial charge in [0.25, 0.3) is 0 Å². The van der Waals surface area contributed by atoms with Crippen LogP contribution < -0.4 is 0 Å². The predicted octanol–water partition coefficient (Wildman–Crippen LogP) is 0.0802. The molecule has 0 aromatic heterocycles. The van der Waals surface area contributed by atoms with Crippen molar-refractivity contribution in [2.75, 3.05) is 53.2 Å². The zero-order valence-corrected chi connectivity index (χ0v) is 10.1.